The van der Waals surface area contributed by atoms with Crippen LogP contribution in [0.5, 0.6) is 0 Å². The maximum Gasteiger partial charge on any atom is 0.216 e. The van der Waals surface area contributed by atoms with E-state index < -0.39 is 29.4 Å². The molecule has 0 aromatic heterocycles. The van der Waals surface area contributed by atoms with E-state index in [0.29, 0.717) is 0 Å². The van der Waals surface area contributed by atoms with Gasteiger partial charge in [-0.25, -0.2) is 27.9 Å². The fourth-order valence-electron chi connectivity index (χ4n) is 3.96. The smallest absolute Gasteiger partial charge is 0.216 e. The van der Waals surface area contributed by atoms with Gasteiger partial charge in [-0.3, -0.25) is 18.7 Å². The Morgan fingerprint density at radius 1 is 0.500 bits per heavy atom. The van der Waals surface area contributed by atoms with Crippen LogP contribution >= 0.6 is 29.4 Å². The van der Waals surface area contributed by atoms with Gasteiger partial charge in [-0.05, 0) is 122 Å². The second-order valence-electron chi connectivity index (χ2n) is 11.7. The van der Waals surface area contributed by atoms with Gasteiger partial charge in [-0.15, -0.1) is 0 Å². The highest BCUT2D eigenvalue weighted by molar-refractivity contribution is 7.73. The van der Waals surface area contributed by atoms with E-state index in [-0.39, 0.29) is 0 Å². The zero-order chi connectivity index (χ0) is 30.8. The van der Waals surface area contributed by atoms with Gasteiger partial charge >= 0.3 is 0 Å². The molecule has 0 amide bonds. The molecule has 228 valence electrons. The summed E-state index contributed by atoms with van der Waals surface area (Å²) in [6.45, 7) is 8.95. The molecule has 0 N–H and O–H groups in total. The summed E-state index contributed by atoms with van der Waals surface area (Å²) >= 11 is 0. The highest BCUT2D eigenvalue weighted by Gasteiger charge is 2.32. The predicted octanol–water partition coefficient (Wildman–Crippen LogP) is 8.12. The average Bonchev–Trinajstić information content (AvgIpc) is 2.82. The number of benzene rings is 2. The van der Waals surface area contributed by atoms with Gasteiger partial charge in [0, 0.05) is 19.3 Å². The largest absolute Gasteiger partial charge is 0.276 e. The van der Waals surface area contributed by atoms with Gasteiger partial charge in [-0.2, -0.15) is 0 Å². The van der Waals surface area contributed by atoms with Crippen LogP contribution in [0.15, 0.2) is 54.9 Å². The molecule has 0 bridgehead atoms. The Hall–Kier alpha value is -0.620. The van der Waals surface area contributed by atoms with Gasteiger partial charge in [0.15, 0.2) is 0 Å². The molecule has 0 saturated carbocycles. The summed E-state index contributed by atoms with van der Waals surface area (Å²) in [6, 6.07) is 12.7. The van der Waals surface area contributed by atoms with Crippen LogP contribution in [0.4, 0.5) is 11.4 Å². The normalized spacial score (nSPS) is 15.1. The molecule has 0 aliphatic carbocycles. The molecule has 2 aromatic carbocycles. The summed E-state index contributed by atoms with van der Waals surface area (Å²) in [5, 5.41) is 2.16. The van der Waals surface area contributed by atoms with E-state index in [1.165, 1.54) is 0 Å². The molecule has 1 unspecified atom stereocenters. The summed E-state index contributed by atoms with van der Waals surface area (Å²) in [7, 11) is 16.8. The molecule has 0 aliphatic rings. The zero-order valence-electron chi connectivity index (χ0n) is 27.7. The highest BCUT2D eigenvalue weighted by Crippen LogP contribution is 2.67. The quantitative estimate of drug-likeness (QED) is 0.247. The Balaban J connectivity index is 3.16. The van der Waals surface area contributed by atoms with Gasteiger partial charge in [0.2, 0.25) is 7.51 Å². The Bertz CT molecular complexity index is 1390. The predicted molar refractivity (Wildman–Crippen MR) is 186 cm³/mol. The second-order valence-corrected chi connectivity index (χ2v) is 25.6. The van der Waals surface area contributed by atoms with Gasteiger partial charge in [-0.1, -0.05) is 24.3 Å². The third kappa shape index (κ3) is 7.47. The molecule has 14 heteroatoms. The maximum absolute atomic E-state index is 5.65. The van der Waals surface area contributed by atoms with Crippen LogP contribution in [0.2, 0.25) is 0 Å². The van der Waals surface area contributed by atoms with Crippen molar-refractivity contribution in [3.8, 4) is 0 Å². The van der Waals surface area contributed by atoms with Crippen molar-refractivity contribution >= 4 is 51.6 Å². The van der Waals surface area contributed by atoms with Crippen LogP contribution in [0.1, 0.15) is 0 Å². The molecule has 10 nitrogen and oxygen atoms in total. The third-order valence-electron chi connectivity index (χ3n) is 7.40. The van der Waals surface area contributed by atoms with Crippen molar-refractivity contribution in [1.29, 1.82) is 0 Å². The minimum atomic E-state index is -2.52. The van der Waals surface area contributed by atoms with E-state index in [9.17, 15) is 0 Å². The molecule has 0 aliphatic heterocycles. The summed E-state index contributed by atoms with van der Waals surface area (Å²) in [4.78, 5) is 0. The Morgan fingerprint density at radius 3 is 1.32 bits per heavy atom. The lowest BCUT2D eigenvalue weighted by atomic mass is 10.1. The van der Waals surface area contributed by atoms with Crippen molar-refractivity contribution in [2.75, 3.05) is 111 Å². The summed E-state index contributed by atoms with van der Waals surface area (Å²) in [6.07, 6.45) is 0. The molecule has 2 aromatic rings. The first-order valence-electron chi connectivity index (χ1n) is 13.2. The molecule has 40 heavy (non-hydrogen) atoms. The lowest BCUT2D eigenvalue weighted by Crippen LogP contribution is -2.24. The summed E-state index contributed by atoms with van der Waals surface area (Å²) < 4.78 is 35.5. The molecule has 0 saturated heterocycles. The SMILES string of the molecule is CN(C)P(C)(C)=NP(C)(=Nc1cccc2cccc(N=P(N=P(C)(N(C)C)N(C)C)(N(C)C)N(C)C)c12)N(C)C. The molecule has 1 atom stereocenters. The van der Waals surface area contributed by atoms with E-state index >= 15 is 0 Å². The van der Waals surface area contributed by atoms with Crippen LogP contribution in [0.3, 0.4) is 0 Å². The molecular weight excluding hydrogens is 576 g/mol. The third-order valence-corrected chi connectivity index (χ3v) is 22.6. The van der Waals surface area contributed by atoms with Crippen molar-refractivity contribution in [1.82, 2.24) is 28.0 Å². The number of hydrogen-bond acceptors (Lipinski definition) is 2. The van der Waals surface area contributed by atoms with Crippen molar-refractivity contribution < 1.29 is 0 Å². The van der Waals surface area contributed by atoms with Gasteiger partial charge in [0.05, 0.1) is 11.4 Å². The monoisotopic (exact) mass is 630 g/mol. The van der Waals surface area contributed by atoms with E-state index in [2.05, 4.69) is 176 Å². The molecular formula is C26H54N10P4. The minimum absolute atomic E-state index is 0.910. The molecule has 0 heterocycles. The van der Waals surface area contributed by atoms with E-state index in [0.717, 1.165) is 22.1 Å². The van der Waals surface area contributed by atoms with E-state index in [1.54, 1.807) is 0 Å². The Morgan fingerprint density at radius 2 is 0.950 bits per heavy atom. The lowest BCUT2D eigenvalue weighted by molar-refractivity contribution is 0.549. The summed E-state index contributed by atoms with van der Waals surface area (Å²) in [5.41, 5.74) is 1.84. The summed E-state index contributed by atoms with van der Waals surface area (Å²) in [5.74, 6) is 0. The van der Waals surface area contributed by atoms with E-state index in [4.69, 9.17) is 18.5 Å². The molecule has 0 radical (unpaired) electrons. The molecule has 0 spiro atoms. The standard InChI is InChI=1S/C26H54N10P4/c1-31(2)37(13,14)29-38(15,32(3)4)27-24-21-17-19-23-20-18-22-25(26(23)24)28-40(35(9)10,36(11)12)30-39(16,33(5)6)34(7)8/h17-22H,1-16H3. The maximum atomic E-state index is 5.65. The fraction of sp³-hybridized carbons (Fsp3) is 0.615. The van der Waals surface area contributed by atoms with Crippen LogP contribution in [-0.4, -0.2) is 139 Å². The van der Waals surface area contributed by atoms with Gasteiger partial charge in [0.25, 0.3) is 0 Å². The van der Waals surface area contributed by atoms with Crippen molar-refractivity contribution in [3.63, 3.8) is 0 Å². The Kier molecular flexibility index (Phi) is 11.9. The average molecular weight is 631 g/mol. The van der Waals surface area contributed by atoms with Gasteiger partial charge in [0.1, 0.15) is 14.7 Å². The van der Waals surface area contributed by atoms with E-state index in [1.807, 2.05) is 0 Å². The van der Waals surface area contributed by atoms with Crippen molar-refractivity contribution in [3.05, 3.63) is 36.4 Å². The van der Waals surface area contributed by atoms with Crippen LogP contribution in [0.25, 0.3) is 10.8 Å². The zero-order valence-corrected chi connectivity index (χ0v) is 31.3. The van der Waals surface area contributed by atoms with Crippen LogP contribution in [-0.2, 0) is 0 Å². The topological polar surface area (TPSA) is 68.9 Å². The number of hydrogen-bond donors (Lipinski definition) is 0. The number of fused-ring (bicyclic) bond motifs is 1. The first-order valence-corrected chi connectivity index (χ1v) is 21.6. The van der Waals surface area contributed by atoms with Crippen LogP contribution < -0.4 is 0 Å². The first-order chi connectivity index (χ1) is 18.2. The van der Waals surface area contributed by atoms with Crippen LogP contribution in [0, 0.1) is 0 Å². The molecule has 2 rings (SSSR count). The highest BCUT2D eigenvalue weighted by atomic mass is 31.2. The van der Waals surface area contributed by atoms with Crippen molar-refractivity contribution in [2.45, 2.75) is 0 Å². The number of rotatable bonds is 10. The number of nitrogens with zero attached hydrogens (tertiary/aromatic N) is 10. The second kappa shape index (κ2) is 13.3. The van der Waals surface area contributed by atoms with Gasteiger partial charge < -0.3 is 0 Å². The Labute approximate surface area is 245 Å². The first kappa shape index (κ1) is 35.6. The molecule has 0 fully saturated rings. The van der Waals surface area contributed by atoms with Crippen molar-refractivity contribution in [2.24, 2.45) is 18.5 Å². The fourth-order valence-corrected chi connectivity index (χ4v) is 16.3. The lowest BCUT2D eigenvalue weighted by Gasteiger charge is -2.40. The minimum Gasteiger partial charge on any atom is -0.276 e.